The van der Waals surface area contributed by atoms with E-state index < -0.39 is 5.41 Å². The average molecular weight is 411 g/mol. The summed E-state index contributed by atoms with van der Waals surface area (Å²) < 4.78 is 5.76. The van der Waals surface area contributed by atoms with Crippen LogP contribution in [-0.4, -0.2) is 18.0 Å². The van der Waals surface area contributed by atoms with Crippen LogP contribution in [0.4, 0.5) is 0 Å². The van der Waals surface area contributed by atoms with Gasteiger partial charge in [-0.3, -0.25) is 4.79 Å². The second-order valence-corrected chi connectivity index (χ2v) is 8.72. The van der Waals surface area contributed by atoms with Crippen molar-refractivity contribution in [3.05, 3.63) is 84.4 Å². The summed E-state index contributed by atoms with van der Waals surface area (Å²) in [6.45, 7) is 5.52. The molecule has 0 spiro atoms. The number of hydrogen-bond acceptors (Lipinski definition) is 3. The van der Waals surface area contributed by atoms with Crippen molar-refractivity contribution in [3.8, 4) is 16.9 Å². The number of allylic oxidation sites excluding steroid dienone is 1. The largest absolute Gasteiger partial charge is 0.507 e. The molecule has 0 heterocycles. The number of carbonyl (C=O) groups excluding carboxylic acids is 1. The predicted molar refractivity (Wildman–Crippen MR) is 129 cm³/mol. The Labute approximate surface area is 182 Å². The number of aliphatic hydroxyl groups is 1. The quantitative estimate of drug-likeness (QED) is 0.286. The Hall–Kier alpha value is -3.59. The Morgan fingerprint density at radius 2 is 1.35 bits per heavy atom. The van der Waals surface area contributed by atoms with Gasteiger partial charge in [-0.25, -0.2) is 0 Å². The van der Waals surface area contributed by atoms with E-state index in [9.17, 15) is 9.90 Å². The van der Waals surface area contributed by atoms with E-state index in [-0.39, 0.29) is 11.5 Å². The molecule has 0 saturated carbocycles. The monoisotopic (exact) mass is 410 g/mol. The van der Waals surface area contributed by atoms with Gasteiger partial charge in [0.15, 0.2) is 5.78 Å². The summed E-state index contributed by atoms with van der Waals surface area (Å²) in [6, 6.07) is 24.0. The lowest BCUT2D eigenvalue weighted by Crippen LogP contribution is -2.17. The second kappa shape index (κ2) is 7.92. The minimum absolute atomic E-state index is 0.0457. The molecule has 0 aliphatic carbocycles. The fraction of sp³-hybridized carbons (Fsp3) is 0.179. The molecule has 0 saturated heterocycles. The first-order chi connectivity index (χ1) is 14.8. The van der Waals surface area contributed by atoms with Crippen molar-refractivity contribution in [1.82, 2.24) is 0 Å². The van der Waals surface area contributed by atoms with Crippen LogP contribution in [0, 0.1) is 5.41 Å². The topological polar surface area (TPSA) is 46.5 Å². The molecule has 0 amide bonds. The molecule has 0 aliphatic rings. The lowest BCUT2D eigenvalue weighted by atomic mass is 9.87. The first-order valence-corrected chi connectivity index (χ1v) is 10.3. The Morgan fingerprint density at radius 1 is 0.806 bits per heavy atom. The van der Waals surface area contributed by atoms with Gasteiger partial charge in [0, 0.05) is 28.2 Å². The summed E-state index contributed by atoms with van der Waals surface area (Å²) in [5.41, 5.74) is 1.77. The summed E-state index contributed by atoms with van der Waals surface area (Å²) in [6.07, 6.45) is 1.34. The van der Waals surface area contributed by atoms with Gasteiger partial charge < -0.3 is 9.84 Å². The van der Waals surface area contributed by atoms with Crippen LogP contribution in [0.3, 0.4) is 0 Å². The summed E-state index contributed by atoms with van der Waals surface area (Å²) in [4.78, 5) is 12.6. The zero-order chi connectivity index (χ0) is 22.2. The third kappa shape index (κ3) is 3.79. The number of ketones is 1. The molecule has 0 unspecified atom stereocenters. The number of carbonyl (C=O) groups is 1. The summed E-state index contributed by atoms with van der Waals surface area (Å²) >= 11 is 0. The van der Waals surface area contributed by atoms with E-state index >= 15 is 0 Å². The number of aliphatic hydroxyl groups excluding tert-OH is 1. The molecule has 3 nitrogen and oxygen atoms in total. The first kappa shape index (κ1) is 20.7. The van der Waals surface area contributed by atoms with E-state index in [1.54, 1.807) is 7.11 Å². The van der Waals surface area contributed by atoms with Gasteiger partial charge in [-0.05, 0) is 33.7 Å². The van der Waals surface area contributed by atoms with E-state index in [4.69, 9.17) is 4.74 Å². The Kier molecular flexibility index (Phi) is 5.28. The normalized spacial score (nSPS) is 12.3. The zero-order valence-electron chi connectivity index (χ0n) is 18.3. The first-order valence-electron chi connectivity index (χ1n) is 10.3. The van der Waals surface area contributed by atoms with Crippen LogP contribution >= 0.6 is 0 Å². The Morgan fingerprint density at radius 3 is 1.94 bits per heavy atom. The molecular weight excluding hydrogens is 384 g/mol. The summed E-state index contributed by atoms with van der Waals surface area (Å²) in [5, 5.41) is 15.2. The van der Waals surface area contributed by atoms with Gasteiger partial charge in [-0.2, -0.15) is 0 Å². The lowest BCUT2D eigenvalue weighted by molar-refractivity contribution is -0.121. The Bertz CT molecular complexity index is 1320. The molecule has 0 aliphatic heterocycles. The van der Waals surface area contributed by atoms with Gasteiger partial charge in [-0.15, -0.1) is 0 Å². The number of methoxy groups -OCH3 is 1. The average Bonchev–Trinajstić information content (AvgIpc) is 2.76. The number of fused-ring (bicyclic) bond motifs is 2. The Balaban J connectivity index is 2.12. The smallest absolute Gasteiger partial charge is 0.164 e. The highest BCUT2D eigenvalue weighted by Crippen LogP contribution is 2.44. The van der Waals surface area contributed by atoms with Gasteiger partial charge in [0.1, 0.15) is 11.5 Å². The maximum atomic E-state index is 12.6. The maximum absolute atomic E-state index is 12.6. The molecule has 0 atom stereocenters. The number of rotatable bonds is 4. The predicted octanol–water partition coefficient (Wildman–Crippen LogP) is 7.18. The molecule has 0 fully saturated rings. The van der Waals surface area contributed by atoms with E-state index in [2.05, 4.69) is 12.1 Å². The highest BCUT2D eigenvalue weighted by atomic mass is 16.5. The van der Waals surface area contributed by atoms with Crippen LogP contribution in [0.1, 0.15) is 26.3 Å². The fourth-order valence-electron chi connectivity index (χ4n) is 3.85. The molecule has 0 radical (unpaired) electrons. The van der Waals surface area contributed by atoms with Crippen molar-refractivity contribution in [2.75, 3.05) is 7.11 Å². The summed E-state index contributed by atoms with van der Waals surface area (Å²) in [5.74, 6) is 0.538. The molecule has 3 heteroatoms. The third-order valence-electron chi connectivity index (χ3n) is 5.57. The van der Waals surface area contributed by atoms with E-state index in [0.717, 1.165) is 32.7 Å². The van der Waals surface area contributed by atoms with E-state index in [0.29, 0.717) is 11.3 Å². The van der Waals surface area contributed by atoms with Crippen LogP contribution < -0.4 is 4.74 Å². The molecule has 156 valence electrons. The third-order valence-corrected chi connectivity index (χ3v) is 5.57. The summed E-state index contributed by atoms with van der Waals surface area (Å²) in [7, 11) is 1.65. The van der Waals surface area contributed by atoms with Crippen LogP contribution in [0.2, 0.25) is 0 Å². The molecule has 0 bridgehead atoms. The van der Waals surface area contributed by atoms with Gasteiger partial charge in [0.2, 0.25) is 0 Å². The SMILES string of the molecule is COc1ccc2ccccc2c1-c1c(C(O)=CC(=O)C(C)(C)C)ccc2ccccc12. The van der Waals surface area contributed by atoms with Crippen LogP contribution in [-0.2, 0) is 4.79 Å². The van der Waals surface area contributed by atoms with Gasteiger partial charge in [0.25, 0.3) is 0 Å². The van der Waals surface area contributed by atoms with Crippen LogP contribution in [0.25, 0.3) is 38.4 Å². The number of hydrogen-bond donors (Lipinski definition) is 1. The van der Waals surface area contributed by atoms with Crippen molar-refractivity contribution < 1.29 is 14.6 Å². The highest BCUT2D eigenvalue weighted by Gasteiger charge is 2.23. The van der Waals surface area contributed by atoms with Gasteiger partial charge in [0.05, 0.1) is 7.11 Å². The van der Waals surface area contributed by atoms with E-state index in [1.807, 2.05) is 81.4 Å². The molecule has 31 heavy (non-hydrogen) atoms. The minimum Gasteiger partial charge on any atom is -0.507 e. The molecule has 4 rings (SSSR count). The van der Waals surface area contributed by atoms with Crippen molar-refractivity contribution in [3.63, 3.8) is 0 Å². The standard InChI is InChI=1S/C28H26O3/c1-28(2,3)25(30)17-23(29)22-15-13-18-9-5-7-11-20(18)26(22)27-21-12-8-6-10-19(21)14-16-24(27)31-4/h5-17,29H,1-4H3. The van der Waals surface area contributed by atoms with Crippen molar-refractivity contribution >= 4 is 33.1 Å². The van der Waals surface area contributed by atoms with Crippen molar-refractivity contribution in [2.45, 2.75) is 20.8 Å². The van der Waals surface area contributed by atoms with E-state index in [1.165, 1.54) is 6.08 Å². The van der Waals surface area contributed by atoms with Gasteiger partial charge >= 0.3 is 0 Å². The second-order valence-electron chi connectivity index (χ2n) is 8.72. The maximum Gasteiger partial charge on any atom is 0.164 e. The van der Waals surface area contributed by atoms with Crippen LogP contribution in [0.15, 0.2) is 78.9 Å². The van der Waals surface area contributed by atoms with Crippen molar-refractivity contribution in [2.24, 2.45) is 5.41 Å². The fourth-order valence-corrected chi connectivity index (χ4v) is 3.85. The zero-order valence-corrected chi connectivity index (χ0v) is 18.3. The molecule has 1 N–H and O–H groups in total. The van der Waals surface area contributed by atoms with Crippen LogP contribution in [0.5, 0.6) is 5.75 Å². The lowest BCUT2D eigenvalue weighted by Gasteiger charge is -2.19. The molecule has 0 aromatic heterocycles. The highest BCUT2D eigenvalue weighted by molar-refractivity contribution is 6.11. The van der Waals surface area contributed by atoms with Gasteiger partial charge in [-0.1, -0.05) is 81.4 Å². The molecule has 4 aromatic carbocycles. The molecule has 4 aromatic rings. The number of ether oxygens (including phenoxy) is 1. The molecular formula is C28H26O3. The number of benzene rings is 4. The minimum atomic E-state index is -0.581. The van der Waals surface area contributed by atoms with Crippen molar-refractivity contribution in [1.29, 1.82) is 0 Å².